The lowest BCUT2D eigenvalue weighted by atomic mass is 10.5. The highest BCUT2D eigenvalue weighted by molar-refractivity contribution is 9.12. The van der Waals surface area contributed by atoms with Gasteiger partial charge in [-0.1, -0.05) is 31.9 Å². The van der Waals surface area contributed by atoms with Gasteiger partial charge in [0.1, 0.15) is 0 Å². The Morgan fingerprint density at radius 2 is 2.00 bits per heavy atom. The number of aliphatic hydroxyl groups excluding tert-OH is 1. The molecule has 0 saturated carbocycles. The molecule has 3 N–H and O–H groups in total. The van der Waals surface area contributed by atoms with E-state index in [-0.39, 0.29) is 18.0 Å². The maximum absolute atomic E-state index is 9.87. The van der Waals surface area contributed by atoms with E-state index in [1.807, 2.05) is 0 Å². The van der Waals surface area contributed by atoms with Gasteiger partial charge in [-0.3, -0.25) is 0 Å². The third-order valence-corrected chi connectivity index (χ3v) is 3.41. The lowest BCUT2D eigenvalue weighted by Crippen LogP contribution is -2.20. The van der Waals surface area contributed by atoms with Gasteiger partial charge in [0.05, 0.1) is 21.0 Å². The van der Waals surface area contributed by atoms with Crippen molar-refractivity contribution in [3.63, 3.8) is 0 Å². The number of rotatable bonds is 5. The van der Waals surface area contributed by atoms with Gasteiger partial charge in [0.15, 0.2) is 0 Å². The van der Waals surface area contributed by atoms with Gasteiger partial charge in [-0.2, -0.15) is 0 Å². The Balaban J connectivity index is 0. The predicted molar refractivity (Wildman–Crippen MR) is 56.2 cm³/mol. The molecular formula is C5H12Br2NO5P-2. The number of alkyl halides is 2. The van der Waals surface area contributed by atoms with Crippen LogP contribution in [0.5, 0.6) is 0 Å². The first-order chi connectivity index (χ1) is 6.37. The molecule has 0 heterocycles. The molecule has 0 bridgehead atoms. The molecule has 0 fully saturated rings. The highest BCUT2D eigenvalue weighted by Crippen LogP contribution is 2.25. The maximum atomic E-state index is 9.87. The molecule has 1 unspecified atom stereocenters. The molecule has 88 valence electrons. The van der Waals surface area contributed by atoms with Crippen molar-refractivity contribution in [2.24, 2.45) is 5.73 Å². The van der Waals surface area contributed by atoms with Crippen molar-refractivity contribution in [3.8, 4) is 0 Å². The third-order valence-electron chi connectivity index (χ3n) is 0.710. The van der Waals surface area contributed by atoms with E-state index in [1.165, 1.54) is 0 Å². The Bertz CT molecular complexity index is 164. The number of aliphatic hydroxyl groups is 1. The molecule has 0 saturated heterocycles. The summed E-state index contributed by atoms with van der Waals surface area (Å²) in [7, 11) is -4.78. The zero-order chi connectivity index (χ0) is 11.6. The molecule has 0 spiro atoms. The number of halogens is 2. The van der Waals surface area contributed by atoms with Crippen LogP contribution in [0, 0.1) is 0 Å². The summed E-state index contributed by atoms with van der Waals surface area (Å²) < 4.78 is 13.8. The average molecular weight is 357 g/mol. The second-order valence-corrected chi connectivity index (χ2v) is 5.10. The zero-order valence-electron chi connectivity index (χ0n) is 7.27. The lowest BCUT2D eigenvalue weighted by molar-refractivity contribution is -0.341. The molecule has 0 rings (SSSR count). The molecule has 0 aliphatic carbocycles. The van der Waals surface area contributed by atoms with Gasteiger partial charge in [0.25, 0.3) is 0 Å². The lowest BCUT2D eigenvalue weighted by Gasteiger charge is -2.29. The summed E-state index contributed by atoms with van der Waals surface area (Å²) in [6, 6.07) is 0. The third kappa shape index (κ3) is 18.7. The molecule has 0 aromatic carbocycles. The van der Waals surface area contributed by atoms with Gasteiger partial charge in [-0.15, -0.1) is 0 Å². The van der Waals surface area contributed by atoms with Crippen LogP contribution < -0.4 is 15.5 Å². The van der Waals surface area contributed by atoms with Gasteiger partial charge >= 0.3 is 0 Å². The fourth-order valence-electron chi connectivity index (χ4n) is 0.217. The minimum Gasteiger partial charge on any atom is -0.790 e. The summed E-state index contributed by atoms with van der Waals surface area (Å²) in [5, 5.41) is 8.28. The second-order valence-electron chi connectivity index (χ2n) is 2.01. The van der Waals surface area contributed by atoms with Crippen LogP contribution >= 0.6 is 39.7 Å². The summed E-state index contributed by atoms with van der Waals surface area (Å²) in [4.78, 5) is 19.6. The first kappa shape index (κ1) is 17.4. The monoisotopic (exact) mass is 355 g/mol. The Kier molecular flexibility index (Phi) is 13.0. The molecule has 1 atom stereocenters. The number of hydrogen-bond donors (Lipinski definition) is 2. The minimum atomic E-state index is -4.78. The van der Waals surface area contributed by atoms with E-state index in [0.717, 1.165) is 0 Å². The van der Waals surface area contributed by atoms with Crippen LogP contribution in [0.2, 0.25) is 0 Å². The summed E-state index contributed by atoms with van der Waals surface area (Å²) in [6.45, 7) is 0.343. The van der Waals surface area contributed by atoms with E-state index in [0.29, 0.717) is 11.9 Å². The highest BCUT2D eigenvalue weighted by Gasteiger charge is 2.01. The first-order valence-corrected chi connectivity index (χ1v) is 7.04. The van der Waals surface area contributed by atoms with Crippen molar-refractivity contribution in [1.29, 1.82) is 0 Å². The van der Waals surface area contributed by atoms with Crippen LogP contribution in [0.4, 0.5) is 0 Å². The van der Waals surface area contributed by atoms with Crippen LogP contribution in [-0.2, 0) is 9.09 Å². The number of nitrogens with two attached hydrogens (primary N) is 1. The molecule has 9 heteroatoms. The fourth-order valence-corrected chi connectivity index (χ4v) is 1.10. The molecular weight excluding hydrogens is 345 g/mol. The molecule has 0 amide bonds. The number of phosphoric acid groups is 1. The fraction of sp³-hybridized carbons (Fsp3) is 1.00. The topological polar surface area (TPSA) is 119 Å². The molecule has 0 aromatic heterocycles. The van der Waals surface area contributed by atoms with Gasteiger partial charge in [0.2, 0.25) is 0 Å². The van der Waals surface area contributed by atoms with Gasteiger partial charge in [0, 0.05) is 16.7 Å². The van der Waals surface area contributed by atoms with E-state index >= 15 is 0 Å². The standard InChI is InChI=1S/C3H7Br2O4P.C2H7NO/c4-1-3(5)2-9-10(6,7)8;3-1-2-4/h3H,1-2H2,(H2,6,7,8);4H,1-3H2/p-2. The van der Waals surface area contributed by atoms with Crippen LogP contribution in [0.25, 0.3) is 0 Å². The van der Waals surface area contributed by atoms with Crippen LogP contribution in [0.15, 0.2) is 0 Å². The minimum absolute atomic E-state index is 0.0972. The van der Waals surface area contributed by atoms with E-state index in [4.69, 9.17) is 10.8 Å². The Hall–Kier alpha value is 0.990. The van der Waals surface area contributed by atoms with Crippen molar-refractivity contribution in [2.45, 2.75) is 4.83 Å². The number of phosphoric ester groups is 1. The van der Waals surface area contributed by atoms with Crippen LogP contribution in [0.1, 0.15) is 0 Å². The number of hydrogen-bond acceptors (Lipinski definition) is 6. The molecule has 14 heavy (non-hydrogen) atoms. The maximum Gasteiger partial charge on any atom is 0.0651 e. The molecule has 0 radical (unpaired) electrons. The Morgan fingerprint density at radius 3 is 2.21 bits per heavy atom. The SMILES string of the molecule is NCCO.O=P([O-])([O-])OCC(Br)CBr. The van der Waals surface area contributed by atoms with Crippen molar-refractivity contribution in [3.05, 3.63) is 0 Å². The average Bonchev–Trinajstić information content (AvgIpc) is 2.13. The zero-order valence-corrected chi connectivity index (χ0v) is 11.3. The van der Waals surface area contributed by atoms with Gasteiger partial charge in [-0.05, 0) is 0 Å². The van der Waals surface area contributed by atoms with Crippen molar-refractivity contribution >= 4 is 39.7 Å². The Morgan fingerprint density at radius 1 is 1.57 bits per heavy atom. The van der Waals surface area contributed by atoms with Crippen molar-refractivity contribution in [2.75, 3.05) is 25.1 Å². The molecule has 6 nitrogen and oxygen atoms in total. The van der Waals surface area contributed by atoms with E-state index in [1.54, 1.807) is 0 Å². The van der Waals surface area contributed by atoms with Crippen LogP contribution in [-0.4, -0.2) is 35.0 Å². The van der Waals surface area contributed by atoms with Gasteiger partial charge in [-0.25, -0.2) is 0 Å². The van der Waals surface area contributed by atoms with E-state index < -0.39 is 7.82 Å². The van der Waals surface area contributed by atoms with Crippen molar-refractivity contribution < 1.29 is 24.0 Å². The largest absolute Gasteiger partial charge is 0.790 e. The van der Waals surface area contributed by atoms with E-state index in [9.17, 15) is 14.4 Å². The summed E-state index contributed by atoms with van der Waals surface area (Å²) in [5.41, 5.74) is 4.78. The summed E-state index contributed by atoms with van der Waals surface area (Å²) >= 11 is 6.12. The summed E-state index contributed by atoms with van der Waals surface area (Å²) in [5.74, 6) is 0. The molecule has 0 aliphatic rings. The highest BCUT2D eigenvalue weighted by atomic mass is 79.9. The predicted octanol–water partition coefficient (Wildman–Crippen LogP) is -1.07. The summed E-state index contributed by atoms with van der Waals surface area (Å²) in [6.07, 6.45) is 0. The van der Waals surface area contributed by atoms with Crippen molar-refractivity contribution in [1.82, 2.24) is 0 Å². The molecule has 0 aromatic rings. The molecule has 0 aliphatic heterocycles. The Labute approximate surface area is 99.3 Å². The smallest absolute Gasteiger partial charge is 0.0651 e. The second kappa shape index (κ2) is 10.5. The van der Waals surface area contributed by atoms with Gasteiger partial charge < -0.3 is 29.7 Å². The van der Waals surface area contributed by atoms with E-state index in [2.05, 4.69) is 36.4 Å². The first-order valence-electron chi connectivity index (χ1n) is 3.55. The normalized spacial score (nSPS) is 13.0. The van der Waals surface area contributed by atoms with Crippen LogP contribution in [0.3, 0.4) is 0 Å². The quantitative estimate of drug-likeness (QED) is 0.478.